The molecular formula is C52H62ClN9O7S. The molecule has 2 aliphatic carbocycles. The van der Waals surface area contributed by atoms with Crippen molar-refractivity contribution < 1.29 is 27.6 Å². The molecule has 0 radical (unpaired) electrons. The van der Waals surface area contributed by atoms with Crippen molar-refractivity contribution >= 4 is 72.6 Å². The first-order valence-corrected chi connectivity index (χ1v) is 26.5. The second-order valence-corrected chi connectivity index (χ2v) is 22.3. The Kier molecular flexibility index (Phi) is 13.8. The molecule has 3 fully saturated rings. The van der Waals surface area contributed by atoms with E-state index in [1.165, 1.54) is 28.8 Å². The third kappa shape index (κ3) is 10.5. The lowest BCUT2D eigenvalue weighted by molar-refractivity contribution is -0.384. The van der Waals surface area contributed by atoms with E-state index < -0.39 is 20.9 Å². The zero-order valence-electron chi connectivity index (χ0n) is 39.9. The fourth-order valence-electron chi connectivity index (χ4n) is 11.0. The van der Waals surface area contributed by atoms with Crippen molar-refractivity contribution in [1.29, 1.82) is 0 Å². The smallest absolute Gasteiger partial charge is 0.293 e. The number of nitrogens with zero attached hydrogens (tertiary/aromatic N) is 6. The minimum absolute atomic E-state index is 0.00229. The summed E-state index contributed by atoms with van der Waals surface area (Å²) in [5.41, 5.74) is 7.05. The molecule has 18 heteroatoms. The van der Waals surface area contributed by atoms with Gasteiger partial charge in [0.15, 0.2) is 0 Å². The lowest BCUT2D eigenvalue weighted by Gasteiger charge is -2.39. The van der Waals surface area contributed by atoms with E-state index in [0.717, 1.165) is 126 Å². The number of pyridine rings is 1. The van der Waals surface area contributed by atoms with Gasteiger partial charge in [0.25, 0.3) is 21.6 Å². The van der Waals surface area contributed by atoms with Crippen LogP contribution in [-0.4, -0.2) is 123 Å². The van der Waals surface area contributed by atoms with Gasteiger partial charge < -0.3 is 29.6 Å². The van der Waals surface area contributed by atoms with Crippen LogP contribution in [0.2, 0.25) is 5.02 Å². The van der Waals surface area contributed by atoms with Gasteiger partial charge in [-0.1, -0.05) is 43.2 Å². The molecule has 3 N–H and O–H groups in total. The number of aromatic amines is 1. The summed E-state index contributed by atoms with van der Waals surface area (Å²) in [6, 6.07) is 21.8. The van der Waals surface area contributed by atoms with Gasteiger partial charge in [-0.2, -0.15) is 4.98 Å². The van der Waals surface area contributed by atoms with Crippen molar-refractivity contribution in [3.05, 3.63) is 111 Å². The number of piperazine rings is 1. The van der Waals surface area contributed by atoms with Crippen molar-refractivity contribution in [2.75, 3.05) is 87.3 Å². The molecule has 0 bridgehead atoms. The zero-order chi connectivity index (χ0) is 48.6. The second kappa shape index (κ2) is 20.2. The fraction of sp³-hybridized carbons (Fsp3) is 0.462. The predicted octanol–water partition coefficient (Wildman–Crippen LogP) is 9.01. The van der Waals surface area contributed by atoms with Gasteiger partial charge in [0, 0.05) is 92.8 Å². The lowest BCUT2D eigenvalue weighted by Crippen LogP contribution is -2.47. The standard InChI is InChI=1S/C52H62ClN9O7S/c1-52(2)18-16-37(44(33-52)35-4-6-38(53)7-5-35)34-58-21-23-59(24-22-58)41-12-14-43(46(31-41)61-20-3-27-69-51-48(61)30-36-17-19-54-49(36)56-51)50(63)57-70(66,67)42-13-15-45(47(32-42)62(64)65)55-39-8-10-40(11-9-39)60-25-28-68-29-26-60/h4-7,12-15,17,19,30-32,39-40,55H,3,8-11,16,18,20-29,33-34H2,1-2H3,(H,54,56)(H,57,63)/t39-,40+. The quantitative estimate of drug-likeness (QED) is 0.0798. The van der Waals surface area contributed by atoms with Gasteiger partial charge >= 0.3 is 0 Å². The highest BCUT2D eigenvalue weighted by atomic mass is 35.5. The number of carbonyl (C=O) groups is 1. The molecule has 3 aromatic carbocycles. The summed E-state index contributed by atoms with van der Waals surface area (Å²) in [5.74, 6) is -0.467. The van der Waals surface area contributed by atoms with Gasteiger partial charge in [0.2, 0.25) is 5.88 Å². The Labute approximate surface area is 414 Å². The maximum absolute atomic E-state index is 14.5. The Morgan fingerprint density at radius 3 is 2.44 bits per heavy atom. The number of hydrogen-bond acceptors (Lipinski definition) is 13. The number of aromatic nitrogens is 2. The summed E-state index contributed by atoms with van der Waals surface area (Å²) in [4.78, 5) is 43.2. The zero-order valence-corrected chi connectivity index (χ0v) is 41.5. The van der Waals surface area contributed by atoms with Crippen LogP contribution in [0.1, 0.15) is 81.1 Å². The molecule has 0 atom stereocenters. The van der Waals surface area contributed by atoms with E-state index in [1.54, 1.807) is 12.3 Å². The highest BCUT2D eigenvalue weighted by molar-refractivity contribution is 7.90. The van der Waals surface area contributed by atoms with Crippen LogP contribution in [0.15, 0.2) is 89.5 Å². The first kappa shape index (κ1) is 47.9. The van der Waals surface area contributed by atoms with E-state index in [9.17, 15) is 23.3 Å². The molecular weight excluding hydrogens is 930 g/mol. The van der Waals surface area contributed by atoms with E-state index in [1.807, 2.05) is 41.3 Å². The molecule has 3 aliphatic heterocycles. The van der Waals surface area contributed by atoms with Gasteiger partial charge in [-0.3, -0.25) is 24.7 Å². The molecule has 2 saturated heterocycles. The van der Waals surface area contributed by atoms with Gasteiger partial charge in [0.1, 0.15) is 17.0 Å². The minimum atomic E-state index is -4.58. The van der Waals surface area contributed by atoms with Crippen LogP contribution in [-0.2, 0) is 14.8 Å². The SMILES string of the molecule is CC1(C)CCC(CN2CCN(c3ccc(C(=O)NS(=O)(=O)c4ccc(N[C@H]5CC[C@@H](N6CCOCC6)CC5)c([N+](=O)[O-])c4)c(N4CCCOc5nc6[nH]ccc6cc54)c3)CC2)=C(c2ccc(Cl)cc2)C1. The largest absolute Gasteiger partial charge is 0.476 e. The van der Waals surface area contributed by atoms with Crippen LogP contribution in [0, 0.1) is 15.5 Å². The monoisotopic (exact) mass is 991 g/mol. The number of hydrogen-bond donors (Lipinski definition) is 3. The van der Waals surface area contributed by atoms with Crippen molar-refractivity contribution in [2.45, 2.75) is 82.2 Å². The van der Waals surface area contributed by atoms with Crippen molar-refractivity contribution in [3.63, 3.8) is 0 Å². The number of amides is 1. The predicted molar refractivity (Wildman–Crippen MR) is 274 cm³/mol. The highest BCUT2D eigenvalue weighted by Gasteiger charge is 2.33. The van der Waals surface area contributed by atoms with Gasteiger partial charge in [-0.05, 0) is 123 Å². The molecule has 1 amide bonds. The maximum Gasteiger partial charge on any atom is 0.293 e. The van der Waals surface area contributed by atoms with Crippen molar-refractivity contribution in [1.82, 2.24) is 24.5 Å². The van der Waals surface area contributed by atoms with Crippen molar-refractivity contribution in [2.24, 2.45) is 5.41 Å². The summed E-state index contributed by atoms with van der Waals surface area (Å²) in [6.45, 7) is 12.9. The summed E-state index contributed by atoms with van der Waals surface area (Å²) in [6.07, 6.45) is 9.19. The van der Waals surface area contributed by atoms with E-state index in [-0.39, 0.29) is 33.3 Å². The summed E-state index contributed by atoms with van der Waals surface area (Å²) in [7, 11) is -4.58. The Morgan fingerprint density at radius 1 is 0.914 bits per heavy atom. The average molecular weight is 993 g/mol. The van der Waals surface area contributed by atoms with E-state index in [0.29, 0.717) is 48.5 Å². The van der Waals surface area contributed by atoms with Crippen LogP contribution in [0.5, 0.6) is 5.88 Å². The number of nitro groups is 1. The molecule has 0 spiro atoms. The number of H-pyrrole nitrogens is 1. The first-order valence-electron chi connectivity index (χ1n) is 24.7. The molecule has 10 rings (SSSR count). The first-order chi connectivity index (χ1) is 33.8. The van der Waals surface area contributed by atoms with Gasteiger partial charge in [-0.25, -0.2) is 13.1 Å². The molecule has 70 heavy (non-hydrogen) atoms. The fourth-order valence-corrected chi connectivity index (χ4v) is 12.1. The number of benzene rings is 3. The van der Waals surface area contributed by atoms with E-state index >= 15 is 0 Å². The number of sulfonamides is 1. The summed E-state index contributed by atoms with van der Waals surface area (Å²) in [5, 5.41) is 17.4. The second-order valence-electron chi connectivity index (χ2n) is 20.1. The molecule has 1 saturated carbocycles. The number of halogens is 1. The number of carbonyl (C=O) groups excluding carboxylic acids is 1. The number of nitrogens with one attached hydrogen (secondary N) is 3. The molecule has 2 aromatic heterocycles. The Balaban J connectivity index is 0.893. The van der Waals surface area contributed by atoms with Crippen LogP contribution >= 0.6 is 11.6 Å². The van der Waals surface area contributed by atoms with Crippen LogP contribution in [0.4, 0.5) is 28.4 Å². The lowest BCUT2D eigenvalue weighted by atomic mass is 9.72. The van der Waals surface area contributed by atoms with Crippen LogP contribution < -0.4 is 24.6 Å². The number of rotatable bonds is 12. The minimum Gasteiger partial charge on any atom is -0.476 e. The summed E-state index contributed by atoms with van der Waals surface area (Å²) >= 11 is 6.29. The number of fused-ring (bicyclic) bond motifs is 2. The van der Waals surface area contributed by atoms with Crippen LogP contribution in [0.3, 0.4) is 0 Å². The average Bonchev–Trinajstić information content (AvgIpc) is 3.72. The molecule has 16 nitrogen and oxygen atoms in total. The Bertz CT molecular complexity index is 2890. The number of ether oxygens (including phenoxy) is 2. The Morgan fingerprint density at radius 2 is 1.69 bits per heavy atom. The number of nitro benzene ring substituents is 1. The maximum atomic E-state index is 14.5. The van der Waals surface area contributed by atoms with E-state index in [4.69, 9.17) is 26.1 Å². The van der Waals surface area contributed by atoms with Crippen molar-refractivity contribution in [3.8, 4) is 5.88 Å². The molecule has 5 aromatic rings. The van der Waals surface area contributed by atoms with Gasteiger partial charge in [0.05, 0.1) is 40.9 Å². The molecule has 5 aliphatic rings. The number of morpholine rings is 1. The highest BCUT2D eigenvalue weighted by Crippen LogP contribution is 2.44. The normalized spacial score (nSPS) is 21.5. The third-order valence-electron chi connectivity index (χ3n) is 14.9. The van der Waals surface area contributed by atoms with Crippen LogP contribution in [0.25, 0.3) is 16.6 Å². The molecule has 5 heterocycles. The number of allylic oxidation sites excluding steroid dienone is 1. The van der Waals surface area contributed by atoms with Gasteiger partial charge in [-0.15, -0.1) is 0 Å². The molecule has 0 unspecified atom stereocenters. The third-order valence-corrected chi connectivity index (χ3v) is 16.5. The van der Waals surface area contributed by atoms with E-state index in [2.05, 4.69) is 55.7 Å². The topological polar surface area (TPSA) is 179 Å². The Hall–Kier alpha value is -5.72. The number of anilines is 4. The summed E-state index contributed by atoms with van der Waals surface area (Å²) < 4.78 is 42.2. The molecule has 370 valence electrons.